The highest BCUT2D eigenvalue weighted by Gasteiger charge is 2.21. The number of halogens is 4. The van der Waals surface area contributed by atoms with E-state index in [-0.39, 0.29) is 0 Å². The molecular formula is C13H15ClF3NO. The van der Waals surface area contributed by atoms with E-state index >= 15 is 0 Å². The molecule has 0 aliphatic heterocycles. The third-order valence-corrected chi connectivity index (χ3v) is 2.96. The van der Waals surface area contributed by atoms with Crippen LogP contribution in [0, 0.1) is 17.5 Å². The smallest absolute Gasteiger partial charge is 0.259 e. The molecule has 0 radical (unpaired) electrons. The molecule has 1 rings (SSSR count). The van der Waals surface area contributed by atoms with Crippen molar-refractivity contribution in [1.82, 2.24) is 4.90 Å². The maximum absolute atomic E-state index is 13.4. The molecule has 1 aromatic rings. The summed E-state index contributed by atoms with van der Waals surface area (Å²) in [6.45, 7) is 0.367. The molecule has 0 fully saturated rings. The van der Waals surface area contributed by atoms with Gasteiger partial charge < -0.3 is 4.90 Å². The number of hydrogen-bond acceptors (Lipinski definition) is 1. The summed E-state index contributed by atoms with van der Waals surface area (Å²) in [6, 6.07) is 0.995. The Morgan fingerprint density at radius 1 is 1.16 bits per heavy atom. The van der Waals surface area contributed by atoms with Crippen molar-refractivity contribution in [1.29, 1.82) is 0 Å². The third kappa shape index (κ3) is 4.42. The molecule has 0 aromatic heterocycles. The molecule has 0 N–H and O–H groups in total. The van der Waals surface area contributed by atoms with E-state index in [9.17, 15) is 18.0 Å². The first kappa shape index (κ1) is 15.8. The van der Waals surface area contributed by atoms with Gasteiger partial charge in [-0.3, -0.25) is 4.79 Å². The maximum Gasteiger partial charge on any atom is 0.259 e. The minimum Gasteiger partial charge on any atom is -0.342 e. The van der Waals surface area contributed by atoms with E-state index in [2.05, 4.69) is 0 Å². The van der Waals surface area contributed by atoms with E-state index in [1.54, 1.807) is 0 Å². The summed E-state index contributed by atoms with van der Waals surface area (Å²) in [5, 5.41) is 0. The lowest BCUT2D eigenvalue weighted by Crippen LogP contribution is -2.29. The second-order valence-corrected chi connectivity index (χ2v) is 4.60. The summed E-state index contributed by atoms with van der Waals surface area (Å²) in [5.41, 5.74) is -0.721. The Kier molecular flexibility index (Phi) is 6.15. The van der Waals surface area contributed by atoms with Gasteiger partial charge >= 0.3 is 0 Å². The van der Waals surface area contributed by atoms with Crippen molar-refractivity contribution < 1.29 is 18.0 Å². The number of hydrogen-bond donors (Lipinski definition) is 0. The van der Waals surface area contributed by atoms with Gasteiger partial charge in [-0.2, -0.15) is 0 Å². The molecule has 0 aliphatic rings. The van der Waals surface area contributed by atoms with Crippen LogP contribution in [-0.4, -0.2) is 30.3 Å². The molecule has 0 unspecified atom stereocenters. The van der Waals surface area contributed by atoms with Gasteiger partial charge in [0.25, 0.3) is 5.91 Å². The van der Waals surface area contributed by atoms with E-state index in [0.717, 1.165) is 12.8 Å². The van der Waals surface area contributed by atoms with Gasteiger partial charge in [0.05, 0.1) is 0 Å². The molecule has 0 heterocycles. The highest BCUT2D eigenvalue weighted by atomic mass is 35.5. The molecule has 0 aliphatic carbocycles. The van der Waals surface area contributed by atoms with E-state index in [1.807, 2.05) is 0 Å². The fourth-order valence-electron chi connectivity index (χ4n) is 1.66. The van der Waals surface area contributed by atoms with Crippen LogP contribution in [0.2, 0.25) is 0 Å². The Morgan fingerprint density at radius 3 is 2.26 bits per heavy atom. The molecule has 1 aromatic carbocycles. The van der Waals surface area contributed by atoms with Crippen molar-refractivity contribution in [3.05, 3.63) is 35.1 Å². The van der Waals surface area contributed by atoms with E-state index in [0.29, 0.717) is 31.0 Å². The predicted octanol–water partition coefficient (Wildman–Crippen LogP) is 3.59. The van der Waals surface area contributed by atoms with Crippen molar-refractivity contribution in [3.63, 3.8) is 0 Å². The number of amides is 1. The predicted molar refractivity (Wildman–Crippen MR) is 67.8 cm³/mol. The van der Waals surface area contributed by atoms with E-state index in [1.165, 1.54) is 11.9 Å². The molecule has 1 amide bonds. The zero-order valence-corrected chi connectivity index (χ0v) is 11.3. The number of alkyl halides is 1. The topological polar surface area (TPSA) is 20.3 Å². The second kappa shape index (κ2) is 7.38. The number of rotatable bonds is 6. The first-order valence-electron chi connectivity index (χ1n) is 5.93. The van der Waals surface area contributed by atoms with Crippen LogP contribution in [0.3, 0.4) is 0 Å². The molecule has 0 spiro atoms. The Morgan fingerprint density at radius 2 is 1.74 bits per heavy atom. The lowest BCUT2D eigenvalue weighted by molar-refractivity contribution is 0.0783. The monoisotopic (exact) mass is 293 g/mol. The van der Waals surface area contributed by atoms with Crippen LogP contribution in [0.25, 0.3) is 0 Å². The largest absolute Gasteiger partial charge is 0.342 e. The van der Waals surface area contributed by atoms with Gasteiger partial charge in [-0.1, -0.05) is 6.42 Å². The number of carbonyl (C=O) groups is 1. The average molecular weight is 294 g/mol. The van der Waals surface area contributed by atoms with Gasteiger partial charge in [0.1, 0.15) is 23.0 Å². The summed E-state index contributed by atoms with van der Waals surface area (Å²) >= 11 is 5.52. The Hall–Kier alpha value is -1.23. The fraction of sp³-hybridized carbons (Fsp3) is 0.462. The first-order chi connectivity index (χ1) is 8.97. The van der Waals surface area contributed by atoms with Gasteiger partial charge in [-0.25, -0.2) is 13.2 Å². The Labute approximate surface area is 115 Å². The molecule has 0 saturated heterocycles. The zero-order chi connectivity index (χ0) is 14.4. The zero-order valence-electron chi connectivity index (χ0n) is 10.6. The normalized spacial score (nSPS) is 10.6. The molecular weight excluding hydrogens is 279 g/mol. The summed E-state index contributed by atoms with van der Waals surface area (Å²) in [6.07, 6.45) is 2.34. The van der Waals surface area contributed by atoms with E-state index < -0.39 is 28.9 Å². The lowest BCUT2D eigenvalue weighted by Gasteiger charge is -2.17. The Balaban J connectivity index is 2.72. The Bertz CT molecular complexity index is 431. The van der Waals surface area contributed by atoms with Crippen LogP contribution in [0.15, 0.2) is 12.1 Å². The highest BCUT2D eigenvalue weighted by molar-refractivity contribution is 6.17. The minimum atomic E-state index is -1.19. The molecule has 2 nitrogen and oxygen atoms in total. The molecule has 106 valence electrons. The summed E-state index contributed by atoms with van der Waals surface area (Å²) in [7, 11) is 1.45. The quantitative estimate of drug-likeness (QED) is 0.580. The molecule has 0 bridgehead atoms. The van der Waals surface area contributed by atoms with Gasteiger partial charge in [0.15, 0.2) is 0 Å². The average Bonchev–Trinajstić information content (AvgIpc) is 2.33. The van der Waals surface area contributed by atoms with Crippen molar-refractivity contribution in [2.24, 2.45) is 0 Å². The van der Waals surface area contributed by atoms with Gasteiger partial charge in [-0.15, -0.1) is 11.6 Å². The van der Waals surface area contributed by atoms with Crippen LogP contribution in [0.4, 0.5) is 13.2 Å². The van der Waals surface area contributed by atoms with Gasteiger partial charge in [0, 0.05) is 31.6 Å². The summed E-state index contributed by atoms with van der Waals surface area (Å²) in [4.78, 5) is 13.1. The third-order valence-electron chi connectivity index (χ3n) is 2.69. The first-order valence-corrected chi connectivity index (χ1v) is 6.46. The van der Waals surface area contributed by atoms with Crippen LogP contribution in [0.1, 0.15) is 29.6 Å². The number of benzene rings is 1. The van der Waals surface area contributed by atoms with Crippen molar-refractivity contribution in [3.8, 4) is 0 Å². The fourth-order valence-corrected chi connectivity index (χ4v) is 1.85. The van der Waals surface area contributed by atoms with E-state index in [4.69, 9.17) is 11.6 Å². The molecule has 19 heavy (non-hydrogen) atoms. The van der Waals surface area contributed by atoms with Crippen LogP contribution in [-0.2, 0) is 0 Å². The highest BCUT2D eigenvalue weighted by Crippen LogP contribution is 2.16. The number of unbranched alkanes of at least 4 members (excludes halogenated alkanes) is 2. The lowest BCUT2D eigenvalue weighted by atomic mass is 10.1. The standard InChI is InChI=1S/C13H15ClF3NO/c1-18(6-4-2-3-5-14)13(19)12-10(16)7-9(15)8-11(12)17/h7-8H,2-6H2,1H3. The molecule has 0 saturated carbocycles. The summed E-state index contributed by atoms with van der Waals surface area (Å²) < 4.78 is 39.6. The second-order valence-electron chi connectivity index (χ2n) is 4.22. The van der Waals surface area contributed by atoms with Crippen LogP contribution < -0.4 is 0 Å². The molecule has 0 atom stereocenters. The van der Waals surface area contributed by atoms with Crippen molar-refractivity contribution >= 4 is 17.5 Å². The van der Waals surface area contributed by atoms with Crippen LogP contribution >= 0.6 is 11.6 Å². The van der Waals surface area contributed by atoms with Crippen molar-refractivity contribution in [2.75, 3.05) is 19.5 Å². The molecule has 6 heteroatoms. The van der Waals surface area contributed by atoms with Gasteiger partial charge in [-0.05, 0) is 12.8 Å². The van der Waals surface area contributed by atoms with Crippen molar-refractivity contribution in [2.45, 2.75) is 19.3 Å². The number of carbonyl (C=O) groups excluding carboxylic acids is 1. The maximum atomic E-state index is 13.4. The summed E-state index contributed by atoms with van der Waals surface area (Å²) in [5.74, 6) is -3.67. The van der Waals surface area contributed by atoms with Gasteiger partial charge in [0.2, 0.25) is 0 Å². The number of nitrogens with zero attached hydrogens (tertiary/aromatic N) is 1. The SMILES string of the molecule is CN(CCCCCCl)C(=O)c1c(F)cc(F)cc1F. The van der Waals surface area contributed by atoms with Crippen LogP contribution in [0.5, 0.6) is 0 Å². The minimum absolute atomic E-state index is 0.367.